The topological polar surface area (TPSA) is 74.7 Å². The number of aliphatic imine (C=N–C) groups is 1. The molecule has 2 unspecified atom stereocenters. The Kier molecular flexibility index (Phi) is 7.11. The number of halogens is 5. The third kappa shape index (κ3) is 4.96. The molecule has 182 valence electrons. The Bertz CT molecular complexity index is 1290. The molecular formula is C24H23F5N2O3. The van der Waals surface area contributed by atoms with Gasteiger partial charge in [-0.3, -0.25) is 9.79 Å². The summed E-state index contributed by atoms with van der Waals surface area (Å²) >= 11 is 0. The fourth-order valence-corrected chi connectivity index (χ4v) is 3.79. The zero-order chi connectivity index (χ0) is 25.3. The molecule has 0 aliphatic rings. The van der Waals surface area contributed by atoms with Crippen LogP contribution in [0, 0.1) is 18.6 Å². The summed E-state index contributed by atoms with van der Waals surface area (Å²) in [6.07, 6.45) is -5.57. The molecule has 0 bridgehead atoms. The molecule has 0 aliphatic carbocycles. The number of H-pyrrole nitrogens is 1. The van der Waals surface area contributed by atoms with Crippen molar-refractivity contribution in [1.29, 1.82) is 0 Å². The number of rotatable bonds is 7. The Hall–Kier alpha value is -3.27. The standard InChI is InChI=1S/C24H23F5N2O3/c1-4-14(16-6-5-13(2)21(26)22(16)34-3)11-23(33,24(27,28)29)12-30-18-9-15(25)10-19-17(18)7-8-20(32)31-19/h5-10,12,14,33H,4,11H2,1-3H3,(H,31,32). The average molecular weight is 482 g/mol. The number of aryl methyl sites for hydroxylation is 1. The van der Waals surface area contributed by atoms with Crippen LogP contribution in [0.25, 0.3) is 10.9 Å². The van der Waals surface area contributed by atoms with Gasteiger partial charge in [0.1, 0.15) is 5.82 Å². The molecule has 1 heterocycles. The number of nitrogens with one attached hydrogen (secondary N) is 1. The van der Waals surface area contributed by atoms with E-state index in [4.69, 9.17) is 4.74 Å². The van der Waals surface area contributed by atoms with Crippen molar-refractivity contribution in [3.8, 4) is 5.75 Å². The van der Waals surface area contributed by atoms with Gasteiger partial charge in [0, 0.05) is 29.3 Å². The van der Waals surface area contributed by atoms with Crippen LogP contribution in [-0.2, 0) is 0 Å². The Morgan fingerprint density at radius 3 is 2.50 bits per heavy atom. The SMILES string of the molecule is CCC(CC(O)(C=Nc1cc(F)cc2[nH]c(=O)ccc12)C(F)(F)F)c1ccc(C)c(F)c1OC. The molecule has 2 aromatic carbocycles. The Balaban J connectivity index is 2.07. The zero-order valence-electron chi connectivity index (χ0n) is 18.6. The van der Waals surface area contributed by atoms with Crippen LogP contribution >= 0.6 is 0 Å². The summed E-state index contributed by atoms with van der Waals surface area (Å²) in [5.41, 5.74) is -3.66. The monoisotopic (exact) mass is 482 g/mol. The molecule has 34 heavy (non-hydrogen) atoms. The molecule has 2 N–H and O–H groups in total. The summed E-state index contributed by atoms with van der Waals surface area (Å²) in [4.78, 5) is 17.6. The number of pyridine rings is 1. The maximum Gasteiger partial charge on any atom is 0.422 e. The summed E-state index contributed by atoms with van der Waals surface area (Å²) in [7, 11) is 1.21. The molecule has 10 heteroatoms. The van der Waals surface area contributed by atoms with E-state index < -0.39 is 41.3 Å². The maximum absolute atomic E-state index is 14.5. The Morgan fingerprint density at radius 2 is 1.88 bits per heavy atom. The highest BCUT2D eigenvalue weighted by Crippen LogP contribution is 2.42. The first-order valence-corrected chi connectivity index (χ1v) is 10.4. The molecule has 0 fully saturated rings. The second-order valence-corrected chi connectivity index (χ2v) is 8.02. The summed E-state index contributed by atoms with van der Waals surface area (Å²) in [5.74, 6) is -2.65. The number of nitrogens with zero attached hydrogens (tertiary/aromatic N) is 1. The molecule has 0 spiro atoms. The molecule has 0 saturated heterocycles. The second-order valence-electron chi connectivity index (χ2n) is 8.02. The van der Waals surface area contributed by atoms with E-state index in [1.165, 1.54) is 32.2 Å². The van der Waals surface area contributed by atoms with Crippen LogP contribution in [-0.4, -0.2) is 35.2 Å². The summed E-state index contributed by atoms with van der Waals surface area (Å²) < 4.78 is 75.7. The van der Waals surface area contributed by atoms with Crippen molar-refractivity contribution in [3.05, 3.63) is 69.5 Å². The number of hydrogen-bond acceptors (Lipinski definition) is 4. The summed E-state index contributed by atoms with van der Waals surface area (Å²) in [5, 5.41) is 10.9. The van der Waals surface area contributed by atoms with E-state index in [0.29, 0.717) is 6.21 Å². The Morgan fingerprint density at radius 1 is 1.18 bits per heavy atom. The van der Waals surface area contributed by atoms with Gasteiger partial charge in [-0.25, -0.2) is 8.78 Å². The summed E-state index contributed by atoms with van der Waals surface area (Å²) in [6, 6.07) is 7.22. The van der Waals surface area contributed by atoms with Gasteiger partial charge in [0.15, 0.2) is 17.2 Å². The molecule has 3 rings (SSSR count). The van der Waals surface area contributed by atoms with Gasteiger partial charge >= 0.3 is 6.18 Å². The van der Waals surface area contributed by atoms with Crippen LogP contribution in [0.15, 0.2) is 46.2 Å². The Labute approximate surface area is 191 Å². The van der Waals surface area contributed by atoms with Crippen molar-refractivity contribution in [2.75, 3.05) is 7.11 Å². The lowest BCUT2D eigenvalue weighted by atomic mass is 9.83. The minimum Gasteiger partial charge on any atom is -0.493 e. The van der Waals surface area contributed by atoms with Crippen molar-refractivity contribution in [1.82, 2.24) is 4.98 Å². The highest BCUT2D eigenvalue weighted by atomic mass is 19.4. The van der Waals surface area contributed by atoms with Gasteiger partial charge in [-0.2, -0.15) is 13.2 Å². The van der Waals surface area contributed by atoms with Gasteiger partial charge in [0.2, 0.25) is 5.56 Å². The lowest BCUT2D eigenvalue weighted by molar-refractivity contribution is -0.232. The molecule has 3 aromatic rings. The molecule has 0 amide bonds. The van der Waals surface area contributed by atoms with Crippen LogP contribution in [0.2, 0.25) is 0 Å². The van der Waals surface area contributed by atoms with Crippen molar-refractivity contribution < 1.29 is 31.8 Å². The number of ether oxygens (including phenoxy) is 1. The number of aliphatic hydroxyl groups is 1. The normalized spacial score (nSPS) is 15.0. The number of alkyl halides is 3. The zero-order valence-corrected chi connectivity index (χ0v) is 18.6. The molecule has 5 nitrogen and oxygen atoms in total. The van der Waals surface area contributed by atoms with Gasteiger partial charge in [-0.05, 0) is 43.4 Å². The largest absolute Gasteiger partial charge is 0.493 e. The molecule has 0 aliphatic heterocycles. The number of hydrogen-bond donors (Lipinski definition) is 2. The van der Waals surface area contributed by atoms with Gasteiger partial charge in [-0.1, -0.05) is 19.1 Å². The minimum atomic E-state index is -5.14. The summed E-state index contributed by atoms with van der Waals surface area (Å²) in [6.45, 7) is 3.10. The predicted octanol–water partition coefficient (Wildman–Crippen LogP) is 5.70. The van der Waals surface area contributed by atoms with E-state index in [1.807, 2.05) is 0 Å². The number of fused-ring (bicyclic) bond motifs is 1. The van der Waals surface area contributed by atoms with Crippen molar-refractivity contribution in [3.63, 3.8) is 0 Å². The van der Waals surface area contributed by atoms with E-state index >= 15 is 0 Å². The van der Waals surface area contributed by atoms with Gasteiger partial charge < -0.3 is 14.8 Å². The number of benzene rings is 2. The second kappa shape index (κ2) is 9.54. The maximum atomic E-state index is 14.5. The lowest BCUT2D eigenvalue weighted by Crippen LogP contribution is -2.47. The first-order valence-electron chi connectivity index (χ1n) is 10.4. The van der Waals surface area contributed by atoms with E-state index in [9.17, 15) is 31.9 Å². The van der Waals surface area contributed by atoms with E-state index in [-0.39, 0.29) is 39.9 Å². The highest BCUT2D eigenvalue weighted by Gasteiger charge is 2.53. The van der Waals surface area contributed by atoms with Crippen LogP contribution in [0.3, 0.4) is 0 Å². The molecule has 1 aromatic heterocycles. The number of methoxy groups -OCH3 is 1. The number of aromatic nitrogens is 1. The first kappa shape index (κ1) is 25.4. The number of aromatic amines is 1. The van der Waals surface area contributed by atoms with E-state index in [0.717, 1.165) is 18.2 Å². The van der Waals surface area contributed by atoms with Crippen molar-refractivity contribution in [2.45, 2.75) is 44.4 Å². The van der Waals surface area contributed by atoms with Crippen LogP contribution in [0.1, 0.15) is 36.8 Å². The van der Waals surface area contributed by atoms with E-state index in [1.54, 1.807) is 6.92 Å². The van der Waals surface area contributed by atoms with Crippen molar-refractivity contribution in [2.24, 2.45) is 4.99 Å². The third-order valence-electron chi connectivity index (χ3n) is 5.71. The molecule has 0 radical (unpaired) electrons. The lowest BCUT2D eigenvalue weighted by Gasteiger charge is -2.31. The smallest absolute Gasteiger partial charge is 0.422 e. The van der Waals surface area contributed by atoms with Gasteiger partial charge in [-0.15, -0.1) is 0 Å². The minimum absolute atomic E-state index is 0.0431. The van der Waals surface area contributed by atoms with Gasteiger partial charge in [0.05, 0.1) is 18.3 Å². The first-order chi connectivity index (χ1) is 15.9. The van der Waals surface area contributed by atoms with E-state index in [2.05, 4.69) is 9.98 Å². The molecule has 0 saturated carbocycles. The average Bonchev–Trinajstić information content (AvgIpc) is 2.76. The van der Waals surface area contributed by atoms with Crippen LogP contribution < -0.4 is 10.3 Å². The van der Waals surface area contributed by atoms with Crippen molar-refractivity contribution >= 4 is 22.8 Å². The van der Waals surface area contributed by atoms with Crippen LogP contribution in [0.4, 0.5) is 27.6 Å². The third-order valence-corrected chi connectivity index (χ3v) is 5.71. The fourth-order valence-electron chi connectivity index (χ4n) is 3.79. The highest BCUT2D eigenvalue weighted by molar-refractivity contribution is 5.92. The molecular weight excluding hydrogens is 459 g/mol. The van der Waals surface area contributed by atoms with Crippen LogP contribution in [0.5, 0.6) is 5.75 Å². The fraction of sp³-hybridized carbons (Fsp3) is 0.333. The predicted molar refractivity (Wildman–Crippen MR) is 119 cm³/mol. The van der Waals surface area contributed by atoms with Gasteiger partial charge in [0.25, 0.3) is 0 Å². The molecule has 2 atom stereocenters. The quantitative estimate of drug-likeness (QED) is 0.335.